The highest BCUT2D eigenvalue weighted by atomic mass is 35.5. The predicted octanol–water partition coefficient (Wildman–Crippen LogP) is 5.90. The Balaban J connectivity index is 1.49. The number of nitrogens with one attached hydrogen (secondary N) is 2. The van der Waals surface area contributed by atoms with Crippen LogP contribution in [-0.2, 0) is 4.79 Å². The van der Waals surface area contributed by atoms with Crippen LogP contribution in [0.3, 0.4) is 0 Å². The maximum atomic E-state index is 11.8. The molecule has 1 amide bonds. The van der Waals surface area contributed by atoms with Crippen molar-refractivity contribution in [1.29, 1.82) is 5.41 Å². The number of hydrogen-bond donors (Lipinski definition) is 2. The molecule has 1 fully saturated rings. The molecule has 0 aliphatic carbocycles. The number of halogens is 1. The zero-order valence-corrected chi connectivity index (χ0v) is 20.9. The van der Waals surface area contributed by atoms with Crippen LogP contribution in [0.25, 0.3) is 6.08 Å². The number of amides is 1. The fourth-order valence-electron chi connectivity index (χ4n) is 3.21. The van der Waals surface area contributed by atoms with Gasteiger partial charge in [-0.15, -0.1) is 0 Å². The minimum Gasteiger partial charge on any atom is -0.494 e. The molecular weight excluding hydrogens is 476 g/mol. The van der Waals surface area contributed by atoms with Crippen LogP contribution in [0.15, 0.2) is 41.3 Å². The van der Waals surface area contributed by atoms with Crippen LogP contribution in [0.5, 0.6) is 23.0 Å². The molecule has 0 saturated carbocycles. The van der Waals surface area contributed by atoms with Crippen molar-refractivity contribution in [1.82, 2.24) is 5.32 Å². The first-order valence-electron chi connectivity index (χ1n) is 11.2. The van der Waals surface area contributed by atoms with Crippen molar-refractivity contribution in [3.8, 4) is 23.0 Å². The van der Waals surface area contributed by atoms with Gasteiger partial charge in [-0.05, 0) is 66.2 Å². The van der Waals surface area contributed by atoms with E-state index in [-0.39, 0.29) is 17.7 Å². The molecule has 1 heterocycles. The summed E-state index contributed by atoms with van der Waals surface area (Å²) in [5.74, 6) is 2.09. The van der Waals surface area contributed by atoms with Crippen molar-refractivity contribution >= 4 is 40.5 Å². The van der Waals surface area contributed by atoms with E-state index in [4.69, 9.17) is 36.0 Å². The van der Waals surface area contributed by atoms with Crippen molar-refractivity contribution in [3.63, 3.8) is 0 Å². The van der Waals surface area contributed by atoms with Gasteiger partial charge in [0.05, 0.1) is 23.6 Å². The number of carbonyl (C=O) groups excluding carboxylic acids is 1. The van der Waals surface area contributed by atoms with Gasteiger partial charge in [0, 0.05) is 0 Å². The number of thioether (sulfide) groups is 1. The van der Waals surface area contributed by atoms with E-state index in [0.29, 0.717) is 33.6 Å². The average molecular weight is 505 g/mol. The molecule has 1 aliphatic heterocycles. The summed E-state index contributed by atoms with van der Waals surface area (Å²) in [6.45, 7) is 3.50. The topological polar surface area (TPSA) is 89.9 Å². The number of methoxy groups -OCH3 is 1. The summed E-state index contributed by atoms with van der Waals surface area (Å²) in [4.78, 5) is 12.3. The van der Waals surface area contributed by atoms with Gasteiger partial charge < -0.3 is 24.3 Å². The van der Waals surface area contributed by atoms with Crippen LogP contribution in [0.1, 0.15) is 38.2 Å². The Labute approximate surface area is 209 Å². The van der Waals surface area contributed by atoms with Crippen molar-refractivity contribution in [2.45, 2.75) is 32.6 Å². The van der Waals surface area contributed by atoms with Crippen molar-refractivity contribution in [2.75, 3.05) is 26.9 Å². The molecule has 7 nitrogen and oxygen atoms in total. The molecule has 3 rings (SSSR count). The van der Waals surface area contributed by atoms with Gasteiger partial charge >= 0.3 is 0 Å². The second-order valence-corrected chi connectivity index (χ2v) is 8.96. The first kappa shape index (κ1) is 25.8. The van der Waals surface area contributed by atoms with Gasteiger partial charge in [-0.3, -0.25) is 10.2 Å². The maximum absolute atomic E-state index is 11.8. The number of rotatable bonds is 13. The molecule has 182 valence electrons. The number of ether oxygens (including phenoxy) is 4. The molecule has 0 aromatic heterocycles. The zero-order chi connectivity index (χ0) is 24.3. The number of carbonyl (C=O) groups is 1. The molecule has 0 spiro atoms. The van der Waals surface area contributed by atoms with Gasteiger partial charge in [-0.1, -0.05) is 37.8 Å². The van der Waals surface area contributed by atoms with E-state index in [9.17, 15) is 4.79 Å². The zero-order valence-electron chi connectivity index (χ0n) is 19.3. The number of hydrogen-bond acceptors (Lipinski definition) is 7. The standard InChI is InChI=1S/C25H29ClN2O5S/c1-3-4-5-6-11-31-18-7-9-19(10-8-18)32-12-13-33-23-20(26)14-17(15-21(23)30-2)16-22-24(29)28-25(27)34-22/h7-10,14-16H,3-6,11-13H2,1-2H3,(H2,27,28,29)/b22-16+. The van der Waals surface area contributed by atoms with Crippen LogP contribution < -0.4 is 24.3 Å². The van der Waals surface area contributed by atoms with Gasteiger partial charge in [-0.2, -0.15) is 0 Å². The fourth-order valence-corrected chi connectivity index (χ4v) is 4.19. The molecule has 0 bridgehead atoms. The molecule has 2 N–H and O–H groups in total. The monoisotopic (exact) mass is 504 g/mol. The van der Waals surface area contributed by atoms with Crippen LogP contribution in [0.2, 0.25) is 5.02 Å². The van der Waals surface area contributed by atoms with E-state index in [1.54, 1.807) is 18.2 Å². The Hall–Kier alpha value is -2.84. The summed E-state index contributed by atoms with van der Waals surface area (Å²) in [5.41, 5.74) is 0.672. The minimum absolute atomic E-state index is 0.0961. The molecule has 2 aromatic rings. The number of benzene rings is 2. The third-order valence-electron chi connectivity index (χ3n) is 4.90. The third kappa shape index (κ3) is 7.60. The molecule has 1 saturated heterocycles. The predicted molar refractivity (Wildman–Crippen MR) is 137 cm³/mol. The minimum atomic E-state index is -0.311. The summed E-state index contributed by atoms with van der Waals surface area (Å²) in [5, 5.41) is 10.4. The van der Waals surface area contributed by atoms with Gasteiger partial charge in [0.2, 0.25) is 0 Å². The van der Waals surface area contributed by atoms with Crippen LogP contribution in [0.4, 0.5) is 0 Å². The summed E-state index contributed by atoms with van der Waals surface area (Å²) in [6, 6.07) is 10.9. The summed E-state index contributed by atoms with van der Waals surface area (Å²) in [7, 11) is 1.52. The van der Waals surface area contributed by atoms with Crippen molar-refractivity contribution < 1.29 is 23.7 Å². The molecule has 9 heteroatoms. The Morgan fingerprint density at radius 3 is 2.29 bits per heavy atom. The molecular formula is C25H29ClN2O5S. The van der Waals surface area contributed by atoms with Crippen LogP contribution >= 0.6 is 23.4 Å². The largest absolute Gasteiger partial charge is 0.494 e. The van der Waals surface area contributed by atoms with E-state index in [1.807, 2.05) is 24.3 Å². The SMILES string of the molecule is CCCCCCOc1ccc(OCCOc2c(Cl)cc(/C=C3/SC(=N)NC3=O)cc2OC)cc1. The highest BCUT2D eigenvalue weighted by Crippen LogP contribution is 2.38. The lowest BCUT2D eigenvalue weighted by Gasteiger charge is -2.14. The quantitative estimate of drug-likeness (QED) is 0.260. The van der Waals surface area contributed by atoms with E-state index < -0.39 is 0 Å². The highest BCUT2D eigenvalue weighted by molar-refractivity contribution is 8.18. The van der Waals surface area contributed by atoms with E-state index in [2.05, 4.69) is 12.2 Å². The molecule has 0 unspecified atom stereocenters. The van der Waals surface area contributed by atoms with Gasteiger partial charge in [0.1, 0.15) is 24.7 Å². The molecule has 1 aliphatic rings. The molecule has 34 heavy (non-hydrogen) atoms. The lowest BCUT2D eigenvalue weighted by molar-refractivity contribution is -0.115. The fraction of sp³-hybridized carbons (Fsp3) is 0.360. The lowest BCUT2D eigenvalue weighted by Crippen LogP contribution is -2.18. The van der Waals surface area contributed by atoms with Crippen molar-refractivity contribution in [2.24, 2.45) is 0 Å². The normalized spacial score (nSPS) is 14.3. The van der Waals surface area contributed by atoms with Crippen molar-refractivity contribution in [3.05, 3.63) is 51.9 Å². The number of amidine groups is 1. The highest BCUT2D eigenvalue weighted by Gasteiger charge is 2.22. The van der Waals surface area contributed by atoms with Crippen LogP contribution in [0, 0.1) is 5.41 Å². The Morgan fingerprint density at radius 1 is 1.00 bits per heavy atom. The summed E-state index contributed by atoms with van der Waals surface area (Å²) < 4.78 is 22.7. The Bertz CT molecular complexity index is 1030. The van der Waals surface area contributed by atoms with E-state index in [0.717, 1.165) is 36.3 Å². The first-order chi connectivity index (χ1) is 16.5. The number of unbranched alkanes of at least 4 members (excludes halogenated alkanes) is 3. The smallest absolute Gasteiger partial charge is 0.264 e. The molecule has 0 atom stereocenters. The molecule has 0 radical (unpaired) electrons. The second kappa shape index (κ2) is 13.2. The average Bonchev–Trinajstić information content (AvgIpc) is 3.14. The maximum Gasteiger partial charge on any atom is 0.264 e. The summed E-state index contributed by atoms with van der Waals surface area (Å²) >= 11 is 7.47. The van der Waals surface area contributed by atoms with Gasteiger partial charge in [0.15, 0.2) is 16.7 Å². The van der Waals surface area contributed by atoms with Crippen LogP contribution in [-0.4, -0.2) is 38.0 Å². The third-order valence-corrected chi connectivity index (χ3v) is 6.01. The van der Waals surface area contributed by atoms with Gasteiger partial charge in [0.25, 0.3) is 5.91 Å². The second-order valence-electron chi connectivity index (χ2n) is 7.51. The molecule has 2 aromatic carbocycles. The summed E-state index contributed by atoms with van der Waals surface area (Å²) in [6.07, 6.45) is 6.36. The first-order valence-corrected chi connectivity index (χ1v) is 12.3. The van der Waals surface area contributed by atoms with Gasteiger partial charge in [-0.25, -0.2) is 0 Å². The lowest BCUT2D eigenvalue weighted by atomic mass is 10.2. The van der Waals surface area contributed by atoms with E-state index >= 15 is 0 Å². The van der Waals surface area contributed by atoms with E-state index in [1.165, 1.54) is 26.4 Å². The Morgan fingerprint density at radius 2 is 1.68 bits per heavy atom. The Kier molecular flexibility index (Phi) is 9.97.